The second kappa shape index (κ2) is 5.46. The Bertz CT molecular complexity index is 520. The number of aromatic carboxylic acids is 1. The SMILES string of the molecule is CC1(O)CCN(C(=O)Nc2cncc(C(=O)O)c2)CC1. The number of nitrogens with one attached hydrogen (secondary N) is 1. The zero-order valence-corrected chi connectivity index (χ0v) is 11.2. The molecular weight excluding hydrogens is 262 g/mol. The first-order valence-corrected chi connectivity index (χ1v) is 6.34. The van der Waals surface area contributed by atoms with E-state index in [9.17, 15) is 14.7 Å². The number of piperidine rings is 1. The number of carboxylic acid groups (broad SMARTS) is 1. The predicted molar refractivity (Wildman–Crippen MR) is 71.6 cm³/mol. The number of rotatable bonds is 2. The highest BCUT2D eigenvalue weighted by atomic mass is 16.4. The minimum Gasteiger partial charge on any atom is -0.478 e. The normalized spacial score (nSPS) is 17.6. The number of aliphatic hydroxyl groups is 1. The highest BCUT2D eigenvalue weighted by Crippen LogP contribution is 2.21. The first kappa shape index (κ1) is 14.3. The fourth-order valence-electron chi connectivity index (χ4n) is 2.02. The molecule has 1 aromatic heterocycles. The van der Waals surface area contributed by atoms with Gasteiger partial charge in [0.2, 0.25) is 0 Å². The average molecular weight is 279 g/mol. The topological polar surface area (TPSA) is 103 Å². The summed E-state index contributed by atoms with van der Waals surface area (Å²) in [6.07, 6.45) is 3.65. The Labute approximate surface area is 116 Å². The van der Waals surface area contributed by atoms with Crippen molar-refractivity contribution in [1.29, 1.82) is 0 Å². The molecule has 1 fully saturated rings. The van der Waals surface area contributed by atoms with Gasteiger partial charge in [0.1, 0.15) is 0 Å². The van der Waals surface area contributed by atoms with Crippen molar-refractivity contribution < 1.29 is 19.8 Å². The molecule has 1 aliphatic rings. The van der Waals surface area contributed by atoms with Gasteiger partial charge in [-0.1, -0.05) is 0 Å². The molecule has 1 aromatic rings. The van der Waals surface area contributed by atoms with E-state index in [2.05, 4.69) is 10.3 Å². The second-order valence-corrected chi connectivity index (χ2v) is 5.18. The number of pyridine rings is 1. The molecule has 0 unspecified atom stereocenters. The van der Waals surface area contributed by atoms with E-state index >= 15 is 0 Å². The summed E-state index contributed by atoms with van der Waals surface area (Å²) >= 11 is 0. The van der Waals surface area contributed by atoms with Crippen LogP contribution in [0.25, 0.3) is 0 Å². The van der Waals surface area contributed by atoms with Crippen molar-refractivity contribution in [2.75, 3.05) is 18.4 Å². The molecule has 0 radical (unpaired) electrons. The highest BCUT2D eigenvalue weighted by Gasteiger charge is 2.29. The fourth-order valence-corrected chi connectivity index (χ4v) is 2.02. The van der Waals surface area contributed by atoms with Gasteiger partial charge in [-0.2, -0.15) is 0 Å². The summed E-state index contributed by atoms with van der Waals surface area (Å²) < 4.78 is 0. The summed E-state index contributed by atoms with van der Waals surface area (Å²) in [4.78, 5) is 28.2. The lowest BCUT2D eigenvalue weighted by Crippen LogP contribution is -2.46. The fraction of sp³-hybridized carbons (Fsp3) is 0.462. The number of anilines is 1. The molecule has 7 heteroatoms. The van der Waals surface area contributed by atoms with Gasteiger partial charge in [0.05, 0.1) is 23.0 Å². The van der Waals surface area contributed by atoms with Crippen molar-refractivity contribution in [3.05, 3.63) is 24.0 Å². The minimum absolute atomic E-state index is 0.0179. The summed E-state index contributed by atoms with van der Waals surface area (Å²) in [5.74, 6) is -1.09. The number of carbonyl (C=O) groups excluding carboxylic acids is 1. The van der Waals surface area contributed by atoms with Crippen molar-refractivity contribution in [3.8, 4) is 0 Å². The van der Waals surface area contributed by atoms with Crippen LogP contribution in [0.4, 0.5) is 10.5 Å². The number of hydrogen-bond donors (Lipinski definition) is 3. The summed E-state index contributed by atoms with van der Waals surface area (Å²) in [6.45, 7) is 2.68. The Kier molecular flexibility index (Phi) is 3.89. The van der Waals surface area contributed by atoms with Gasteiger partial charge in [-0.05, 0) is 25.8 Å². The largest absolute Gasteiger partial charge is 0.478 e. The predicted octanol–water partition coefficient (Wildman–Crippen LogP) is 1.16. The van der Waals surface area contributed by atoms with Crippen LogP contribution in [0, 0.1) is 0 Å². The summed E-state index contributed by atoms with van der Waals surface area (Å²) in [6, 6.07) is 1.04. The van der Waals surface area contributed by atoms with Crippen LogP contribution in [0.2, 0.25) is 0 Å². The van der Waals surface area contributed by atoms with Gasteiger partial charge in [0, 0.05) is 19.3 Å². The number of urea groups is 1. The molecule has 108 valence electrons. The van der Waals surface area contributed by atoms with Gasteiger partial charge in [0.25, 0.3) is 0 Å². The van der Waals surface area contributed by atoms with E-state index in [0.29, 0.717) is 31.6 Å². The number of nitrogens with zero attached hydrogens (tertiary/aromatic N) is 2. The third-order valence-electron chi connectivity index (χ3n) is 3.36. The zero-order chi connectivity index (χ0) is 14.8. The monoisotopic (exact) mass is 279 g/mol. The van der Waals surface area contributed by atoms with Gasteiger partial charge in [0.15, 0.2) is 0 Å². The van der Waals surface area contributed by atoms with Crippen LogP contribution in [-0.2, 0) is 0 Å². The molecule has 2 amide bonds. The molecule has 3 N–H and O–H groups in total. The first-order valence-electron chi connectivity index (χ1n) is 6.34. The lowest BCUT2D eigenvalue weighted by molar-refractivity contribution is 0.00569. The molecule has 2 heterocycles. The van der Waals surface area contributed by atoms with Gasteiger partial charge >= 0.3 is 12.0 Å². The van der Waals surface area contributed by atoms with Gasteiger partial charge in [-0.15, -0.1) is 0 Å². The van der Waals surface area contributed by atoms with Crippen LogP contribution < -0.4 is 5.32 Å². The molecule has 7 nitrogen and oxygen atoms in total. The molecule has 1 aliphatic heterocycles. The Morgan fingerprint density at radius 1 is 1.35 bits per heavy atom. The Morgan fingerprint density at radius 3 is 2.60 bits per heavy atom. The molecular formula is C13H17N3O4. The minimum atomic E-state index is -1.09. The van der Waals surface area contributed by atoms with E-state index in [1.807, 2.05) is 0 Å². The standard InChI is InChI=1S/C13H17N3O4/c1-13(20)2-4-16(5-3-13)12(19)15-10-6-9(11(17)18)7-14-8-10/h6-8,20H,2-5H2,1H3,(H,15,19)(H,17,18). The Morgan fingerprint density at radius 2 is 2.00 bits per heavy atom. The number of likely N-dealkylation sites (tertiary alicyclic amines) is 1. The lowest BCUT2D eigenvalue weighted by Gasteiger charge is -2.35. The third-order valence-corrected chi connectivity index (χ3v) is 3.36. The van der Waals surface area contributed by atoms with E-state index < -0.39 is 11.6 Å². The first-order chi connectivity index (χ1) is 9.37. The average Bonchev–Trinajstić information content (AvgIpc) is 2.38. The van der Waals surface area contributed by atoms with Crippen molar-refractivity contribution in [1.82, 2.24) is 9.88 Å². The maximum atomic E-state index is 12.0. The maximum absolute atomic E-state index is 12.0. The number of hydrogen-bond acceptors (Lipinski definition) is 4. The molecule has 0 spiro atoms. The quantitative estimate of drug-likeness (QED) is 0.753. The Balaban J connectivity index is 1.98. The van der Waals surface area contributed by atoms with Gasteiger partial charge in [-0.3, -0.25) is 4.98 Å². The lowest BCUT2D eigenvalue weighted by atomic mass is 9.94. The summed E-state index contributed by atoms with van der Waals surface area (Å²) in [7, 11) is 0. The van der Waals surface area contributed by atoms with Crippen molar-refractivity contribution in [2.45, 2.75) is 25.4 Å². The van der Waals surface area contributed by atoms with Crippen molar-refractivity contribution in [3.63, 3.8) is 0 Å². The number of amides is 2. The molecule has 2 rings (SSSR count). The van der Waals surface area contributed by atoms with E-state index in [1.54, 1.807) is 11.8 Å². The summed E-state index contributed by atoms with van der Waals surface area (Å²) in [5.41, 5.74) is -0.363. The number of carboxylic acids is 1. The van der Waals surface area contributed by atoms with Crippen molar-refractivity contribution in [2.24, 2.45) is 0 Å². The maximum Gasteiger partial charge on any atom is 0.337 e. The Hall–Kier alpha value is -2.15. The molecule has 1 saturated heterocycles. The molecule has 0 aliphatic carbocycles. The second-order valence-electron chi connectivity index (χ2n) is 5.18. The van der Waals surface area contributed by atoms with Crippen LogP contribution in [0.5, 0.6) is 0 Å². The highest BCUT2D eigenvalue weighted by molar-refractivity contribution is 5.92. The smallest absolute Gasteiger partial charge is 0.337 e. The molecule has 20 heavy (non-hydrogen) atoms. The molecule has 0 bridgehead atoms. The molecule has 0 atom stereocenters. The van der Waals surface area contributed by atoms with E-state index in [-0.39, 0.29) is 11.6 Å². The number of carbonyl (C=O) groups is 2. The van der Waals surface area contributed by atoms with E-state index in [4.69, 9.17) is 5.11 Å². The van der Waals surface area contributed by atoms with E-state index in [1.165, 1.54) is 18.5 Å². The van der Waals surface area contributed by atoms with Crippen LogP contribution in [0.15, 0.2) is 18.5 Å². The van der Waals surface area contributed by atoms with Crippen molar-refractivity contribution >= 4 is 17.7 Å². The van der Waals surface area contributed by atoms with Crippen LogP contribution in [-0.4, -0.2) is 50.8 Å². The van der Waals surface area contributed by atoms with Gasteiger partial charge in [-0.25, -0.2) is 9.59 Å². The number of aromatic nitrogens is 1. The van der Waals surface area contributed by atoms with E-state index in [0.717, 1.165) is 0 Å². The zero-order valence-electron chi connectivity index (χ0n) is 11.2. The summed E-state index contributed by atoms with van der Waals surface area (Å²) in [5, 5.41) is 21.3. The third kappa shape index (κ3) is 3.45. The van der Waals surface area contributed by atoms with Gasteiger partial charge < -0.3 is 20.4 Å². The van der Waals surface area contributed by atoms with Crippen LogP contribution in [0.1, 0.15) is 30.1 Å². The van der Waals surface area contributed by atoms with Crippen LogP contribution in [0.3, 0.4) is 0 Å². The molecule has 0 aromatic carbocycles. The molecule has 0 saturated carbocycles. The van der Waals surface area contributed by atoms with Crippen LogP contribution >= 0.6 is 0 Å².